The fourth-order valence-electron chi connectivity index (χ4n) is 2.29. The Labute approximate surface area is 120 Å². The predicted octanol–water partition coefficient (Wildman–Crippen LogP) is 3.69. The number of nitrogens with zero attached hydrogens (tertiary/aromatic N) is 1. The lowest BCUT2D eigenvalue weighted by Crippen LogP contribution is -2.23. The number of thioether (sulfide) groups is 1. The van der Waals surface area contributed by atoms with Crippen LogP contribution in [0.2, 0.25) is 0 Å². The number of hydrogen-bond acceptors (Lipinski definition) is 4. The van der Waals surface area contributed by atoms with Crippen LogP contribution in [0.3, 0.4) is 0 Å². The quantitative estimate of drug-likeness (QED) is 0.638. The molecule has 0 aromatic heterocycles. The predicted molar refractivity (Wildman–Crippen MR) is 78.4 cm³/mol. The average Bonchev–Trinajstić information content (AvgIpc) is 2.47. The molecule has 20 heavy (non-hydrogen) atoms. The van der Waals surface area contributed by atoms with E-state index in [2.05, 4.69) is 12.1 Å². The Bertz CT molecular complexity index is 630. The molecule has 2 aromatic rings. The molecule has 0 N–H and O–H groups in total. The van der Waals surface area contributed by atoms with E-state index in [4.69, 9.17) is 4.74 Å². The summed E-state index contributed by atoms with van der Waals surface area (Å²) in [5.74, 6) is 0.433. The van der Waals surface area contributed by atoms with Crippen LogP contribution in [0.1, 0.15) is 5.56 Å². The maximum atomic E-state index is 11.0. The largest absolute Gasteiger partial charge is 0.485 e. The second-order valence-electron chi connectivity index (χ2n) is 4.59. The Morgan fingerprint density at radius 2 is 1.95 bits per heavy atom. The number of fused-ring (bicyclic) bond motifs is 1. The topological polar surface area (TPSA) is 52.4 Å². The second kappa shape index (κ2) is 5.54. The molecule has 0 radical (unpaired) electrons. The fraction of sp³-hybridized carbons (Fsp3) is 0.200. The van der Waals surface area contributed by atoms with Crippen molar-refractivity contribution in [1.82, 2.24) is 0 Å². The Morgan fingerprint density at radius 1 is 1.15 bits per heavy atom. The van der Waals surface area contributed by atoms with Crippen molar-refractivity contribution in [2.75, 3.05) is 6.61 Å². The lowest BCUT2D eigenvalue weighted by Gasteiger charge is -2.24. The highest BCUT2D eigenvalue weighted by Gasteiger charge is 2.27. The molecule has 0 bridgehead atoms. The minimum absolute atomic E-state index is 0.0608. The van der Waals surface area contributed by atoms with Crippen LogP contribution < -0.4 is 4.74 Å². The van der Waals surface area contributed by atoms with Gasteiger partial charge in [0, 0.05) is 21.8 Å². The first-order valence-corrected chi connectivity index (χ1v) is 7.23. The van der Waals surface area contributed by atoms with E-state index in [9.17, 15) is 10.1 Å². The zero-order valence-corrected chi connectivity index (χ0v) is 11.5. The first-order valence-electron chi connectivity index (χ1n) is 6.35. The molecular weight excluding hydrogens is 274 g/mol. The summed E-state index contributed by atoms with van der Waals surface area (Å²) in [4.78, 5) is 11.8. The van der Waals surface area contributed by atoms with Crippen molar-refractivity contribution >= 4 is 17.4 Å². The third-order valence-corrected chi connectivity index (χ3v) is 4.36. The Hall–Kier alpha value is -2.01. The van der Waals surface area contributed by atoms with Crippen LogP contribution in [0.15, 0.2) is 53.4 Å². The third-order valence-electron chi connectivity index (χ3n) is 3.18. The minimum Gasteiger partial charge on any atom is -0.485 e. The van der Waals surface area contributed by atoms with Gasteiger partial charge in [-0.2, -0.15) is 0 Å². The van der Waals surface area contributed by atoms with E-state index in [1.165, 1.54) is 11.0 Å². The minimum atomic E-state index is -0.385. The molecule has 0 spiro atoms. The first kappa shape index (κ1) is 13.0. The third kappa shape index (κ3) is 2.63. The molecule has 0 amide bonds. The number of para-hydroxylation sites is 1. The van der Waals surface area contributed by atoms with E-state index in [1.54, 1.807) is 17.8 Å². The van der Waals surface area contributed by atoms with Gasteiger partial charge in [-0.25, -0.2) is 0 Å². The summed E-state index contributed by atoms with van der Waals surface area (Å²) in [6, 6.07) is 15.2. The molecule has 1 unspecified atom stereocenters. The average molecular weight is 287 g/mol. The number of hydrogen-bond donors (Lipinski definition) is 0. The molecule has 0 fully saturated rings. The highest BCUT2D eigenvalue weighted by atomic mass is 32.2. The van der Waals surface area contributed by atoms with E-state index in [0.29, 0.717) is 12.4 Å². The number of benzene rings is 2. The molecule has 1 heterocycles. The number of nitro groups is 1. The van der Waals surface area contributed by atoms with E-state index in [-0.39, 0.29) is 15.9 Å². The summed E-state index contributed by atoms with van der Waals surface area (Å²) in [5.41, 5.74) is 0.976. The SMILES string of the molecule is O=[N+]([O-])c1cccc2c1OCC(Sc1ccccc1)C2. The molecule has 0 saturated carbocycles. The molecule has 1 aliphatic rings. The van der Waals surface area contributed by atoms with Crippen molar-refractivity contribution < 1.29 is 9.66 Å². The summed E-state index contributed by atoms with van der Waals surface area (Å²) in [6.07, 6.45) is 0.788. The van der Waals surface area contributed by atoms with Gasteiger partial charge >= 0.3 is 5.69 Å². The van der Waals surface area contributed by atoms with Crippen LogP contribution in [-0.4, -0.2) is 16.8 Å². The Kier molecular flexibility index (Phi) is 3.60. The van der Waals surface area contributed by atoms with Crippen molar-refractivity contribution in [3.8, 4) is 5.75 Å². The number of ether oxygens (including phenoxy) is 1. The summed E-state index contributed by atoms with van der Waals surface area (Å²) in [6.45, 7) is 0.497. The van der Waals surface area contributed by atoms with Crippen LogP contribution in [0.4, 0.5) is 5.69 Å². The van der Waals surface area contributed by atoms with Gasteiger partial charge in [-0.05, 0) is 18.6 Å². The smallest absolute Gasteiger partial charge is 0.311 e. The van der Waals surface area contributed by atoms with Crippen LogP contribution in [0.25, 0.3) is 0 Å². The van der Waals surface area contributed by atoms with Gasteiger partial charge in [0.2, 0.25) is 0 Å². The molecule has 2 aromatic carbocycles. The normalized spacial score (nSPS) is 17.1. The van der Waals surface area contributed by atoms with Crippen molar-refractivity contribution in [2.45, 2.75) is 16.6 Å². The monoisotopic (exact) mass is 287 g/mol. The molecule has 102 valence electrons. The molecule has 4 nitrogen and oxygen atoms in total. The van der Waals surface area contributed by atoms with Gasteiger partial charge in [-0.15, -0.1) is 11.8 Å². The Balaban J connectivity index is 1.79. The summed E-state index contributed by atoms with van der Waals surface area (Å²) in [5, 5.41) is 11.2. The highest BCUT2D eigenvalue weighted by Crippen LogP contribution is 2.38. The second-order valence-corrected chi connectivity index (χ2v) is 5.96. The standard InChI is InChI=1S/C15H13NO3S/c17-16(18)14-8-4-5-11-9-13(10-19-15(11)14)20-12-6-2-1-3-7-12/h1-8,13H,9-10H2. The molecule has 3 rings (SSSR count). The van der Waals surface area contributed by atoms with Crippen molar-refractivity contribution in [1.29, 1.82) is 0 Å². The van der Waals surface area contributed by atoms with E-state index < -0.39 is 0 Å². The lowest BCUT2D eigenvalue weighted by atomic mass is 10.1. The maximum absolute atomic E-state index is 11.0. The van der Waals surface area contributed by atoms with Gasteiger partial charge in [-0.1, -0.05) is 30.3 Å². The van der Waals surface area contributed by atoms with Gasteiger partial charge in [0.25, 0.3) is 0 Å². The van der Waals surface area contributed by atoms with Crippen molar-refractivity contribution in [3.63, 3.8) is 0 Å². The highest BCUT2D eigenvalue weighted by molar-refractivity contribution is 8.00. The van der Waals surface area contributed by atoms with Crippen LogP contribution >= 0.6 is 11.8 Å². The van der Waals surface area contributed by atoms with Gasteiger partial charge in [-0.3, -0.25) is 10.1 Å². The van der Waals surface area contributed by atoms with Crippen LogP contribution in [-0.2, 0) is 6.42 Å². The van der Waals surface area contributed by atoms with Gasteiger partial charge < -0.3 is 4.74 Å². The zero-order valence-electron chi connectivity index (χ0n) is 10.7. The van der Waals surface area contributed by atoms with Gasteiger partial charge in [0.05, 0.1) is 4.92 Å². The Morgan fingerprint density at radius 3 is 2.70 bits per heavy atom. The van der Waals surface area contributed by atoms with E-state index in [0.717, 1.165) is 12.0 Å². The molecule has 1 atom stereocenters. The van der Waals surface area contributed by atoms with Crippen LogP contribution in [0.5, 0.6) is 5.75 Å². The van der Waals surface area contributed by atoms with E-state index >= 15 is 0 Å². The fourth-order valence-corrected chi connectivity index (χ4v) is 3.39. The maximum Gasteiger partial charge on any atom is 0.311 e. The van der Waals surface area contributed by atoms with Crippen molar-refractivity contribution in [2.24, 2.45) is 0 Å². The summed E-state index contributed by atoms with van der Waals surface area (Å²) < 4.78 is 5.64. The summed E-state index contributed by atoms with van der Waals surface area (Å²) in [7, 11) is 0. The van der Waals surface area contributed by atoms with Crippen LogP contribution in [0, 0.1) is 10.1 Å². The molecule has 0 saturated heterocycles. The summed E-state index contributed by atoms with van der Waals surface area (Å²) >= 11 is 1.75. The van der Waals surface area contributed by atoms with E-state index in [1.807, 2.05) is 24.3 Å². The number of rotatable bonds is 3. The first-order chi connectivity index (χ1) is 9.74. The van der Waals surface area contributed by atoms with Crippen molar-refractivity contribution in [3.05, 3.63) is 64.2 Å². The molecular formula is C15H13NO3S. The lowest BCUT2D eigenvalue weighted by molar-refractivity contribution is -0.386. The van der Waals surface area contributed by atoms with Gasteiger partial charge in [0.15, 0.2) is 5.75 Å². The molecule has 1 aliphatic heterocycles. The van der Waals surface area contributed by atoms with Gasteiger partial charge in [0.1, 0.15) is 6.61 Å². The zero-order chi connectivity index (χ0) is 13.9. The number of nitro benzene ring substituents is 1. The molecule has 5 heteroatoms. The molecule has 0 aliphatic carbocycles.